The largest absolute Gasteiger partial charge is 0.265 e. The molecule has 0 fully saturated rings. The molecule has 53 heavy (non-hydrogen) atoms. The molecule has 292 valence electrons. The van der Waals surface area contributed by atoms with Crippen molar-refractivity contribution in [3.63, 3.8) is 0 Å². The molecule has 1 aliphatic rings. The third kappa shape index (κ3) is 29.5. The fourth-order valence-corrected chi connectivity index (χ4v) is 4.04. The average Bonchev–Trinajstić information content (AvgIpc) is 3.70. The van der Waals surface area contributed by atoms with E-state index in [4.69, 9.17) is 0 Å². The van der Waals surface area contributed by atoms with Crippen LogP contribution in [0.2, 0.25) is 0 Å². The van der Waals surface area contributed by atoms with E-state index in [9.17, 15) is 0 Å². The molecule has 1 heterocycles. The van der Waals surface area contributed by atoms with Crippen molar-refractivity contribution in [1.82, 2.24) is 4.98 Å². The Labute approximate surface area is 330 Å². The van der Waals surface area contributed by atoms with Gasteiger partial charge < -0.3 is 0 Å². The van der Waals surface area contributed by atoms with Crippen LogP contribution in [0.25, 0.3) is 22.3 Å². The molecule has 1 aliphatic carbocycles. The molecule has 1 nitrogen and oxygen atoms in total. The van der Waals surface area contributed by atoms with E-state index in [0.29, 0.717) is 0 Å². The normalized spacial score (nSPS) is 7.92. The Morgan fingerprint density at radius 3 is 0.736 bits per heavy atom. The first-order valence-corrected chi connectivity index (χ1v) is 20.5. The van der Waals surface area contributed by atoms with Crippen molar-refractivity contribution in [3.05, 3.63) is 187 Å². The van der Waals surface area contributed by atoms with E-state index in [1.54, 1.807) is 12.4 Å². The summed E-state index contributed by atoms with van der Waals surface area (Å²) >= 11 is 0. The summed E-state index contributed by atoms with van der Waals surface area (Å²) in [6.07, 6.45) is 4.60. The number of benzene rings is 5. The van der Waals surface area contributed by atoms with Crippen molar-refractivity contribution in [3.8, 4) is 22.3 Å². The zero-order valence-electron chi connectivity index (χ0n) is 36.9. The van der Waals surface area contributed by atoms with Gasteiger partial charge in [-0.3, -0.25) is 4.98 Å². The molecular formula is C52H79N. The minimum absolute atomic E-state index is 1.10. The first kappa shape index (κ1) is 57.6. The molecule has 0 atom stereocenters. The molecule has 0 saturated carbocycles. The van der Waals surface area contributed by atoms with Crippen molar-refractivity contribution < 1.29 is 0 Å². The Balaban J connectivity index is -0.000000177. The molecule has 0 unspecified atom stereocenters. The molecule has 0 bridgehead atoms. The van der Waals surface area contributed by atoms with Gasteiger partial charge >= 0.3 is 0 Å². The molecule has 0 aliphatic heterocycles. The summed E-state index contributed by atoms with van der Waals surface area (Å²) in [5, 5.41) is 0. The number of aromatic nitrogens is 1. The highest BCUT2D eigenvalue weighted by Crippen LogP contribution is 2.35. The lowest BCUT2D eigenvalue weighted by molar-refractivity contribution is 1.26. The van der Waals surface area contributed by atoms with E-state index in [-0.39, 0.29) is 0 Å². The molecule has 0 saturated heterocycles. The molecule has 0 spiro atoms. The SMILES string of the molecule is CC.CC.CC.CC.CC.CC.CC.CC.c1ccc(-c2ccccc2)cc1.c1ccc2c(c1)Cc1ccccc1-2.c1ccccc1.c1ccncc1. The maximum absolute atomic E-state index is 3.78. The van der Waals surface area contributed by atoms with Gasteiger partial charge in [0.05, 0.1) is 0 Å². The summed E-state index contributed by atoms with van der Waals surface area (Å²) in [4.78, 5) is 3.78. The first-order valence-electron chi connectivity index (χ1n) is 20.5. The Morgan fingerprint density at radius 2 is 0.491 bits per heavy atom. The Hall–Kier alpha value is -4.75. The number of rotatable bonds is 1. The van der Waals surface area contributed by atoms with Crippen LogP contribution < -0.4 is 0 Å². The maximum atomic E-state index is 3.78. The van der Waals surface area contributed by atoms with Crippen LogP contribution in [0, 0.1) is 0 Å². The minimum atomic E-state index is 1.10. The van der Waals surface area contributed by atoms with E-state index < -0.39 is 0 Å². The van der Waals surface area contributed by atoms with Crippen LogP contribution in [0.15, 0.2) is 176 Å². The summed E-state index contributed by atoms with van der Waals surface area (Å²) < 4.78 is 0. The number of pyridine rings is 1. The average molecular weight is 718 g/mol. The van der Waals surface area contributed by atoms with Gasteiger partial charge in [-0.25, -0.2) is 0 Å². The molecule has 1 heteroatoms. The van der Waals surface area contributed by atoms with E-state index in [0.717, 1.165) is 6.42 Å². The fraction of sp³-hybridized carbons (Fsp3) is 0.327. The van der Waals surface area contributed by atoms with E-state index in [1.807, 2.05) is 178 Å². The number of nitrogens with zero attached hydrogens (tertiary/aromatic N) is 1. The number of hydrogen-bond donors (Lipinski definition) is 0. The highest BCUT2D eigenvalue weighted by molar-refractivity contribution is 5.76. The molecule has 0 N–H and O–H groups in total. The van der Waals surface area contributed by atoms with Crippen molar-refractivity contribution >= 4 is 0 Å². The molecule has 0 amide bonds. The summed E-state index contributed by atoms with van der Waals surface area (Å²) in [7, 11) is 0. The van der Waals surface area contributed by atoms with Crippen LogP contribution in [0.3, 0.4) is 0 Å². The minimum Gasteiger partial charge on any atom is -0.265 e. The van der Waals surface area contributed by atoms with Crippen molar-refractivity contribution in [1.29, 1.82) is 0 Å². The molecule has 1 aromatic heterocycles. The van der Waals surface area contributed by atoms with Gasteiger partial charge in [0.15, 0.2) is 0 Å². The van der Waals surface area contributed by atoms with Gasteiger partial charge in [-0.1, -0.05) is 262 Å². The second-order valence-electron chi connectivity index (χ2n) is 8.40. The monoisotopic (exact) mass is 718 g/mol. The Morgan fingerprint density at radius 1 is 0.264 bits per heavy atom. The van der Waals surface area contributed by atoms with Gasteiger partial charge in [0.25, 0.3) is 0 Å². The third-order valence-electron chi connectivity index (χ3n) is 5.82. The topological polar surface area (TPSA) is 12.9 Å². The molecule has 5 aromatic carbocycles. The highest BCUT2D eigenvalue weighted by Gasteiger charge is 2.15. The van der Waals surface area contributed by atoms with E-state index >= 15 is 0 Å². The van der Waals surface area contributed by atoms with Crippen LogP contribution in [0.1, 0.15) is 122 Å². The molecule has 7 rings (SSSR count). The highest BCUT2D eigenvalue weighted by atomic mass is 14.6. The molecule has 6 aromatic rings. The van der Waals surface area contributed by atoms with E-state index in [2.05, 4.69) is 102 Å². The number of fused-ring (bicyclic) bond motifs is 3. The summed E-state index contributed by atoms with van der Waals surface area (Å²) in [5.74, 6) is 0. The van der Waals surface area contributed by atoms with Crippen molar-refractivity contribution in [2.45, 2.75) is 117 Å². The van der Waals surface area contributed by atoms with Crippen LogP contribution in [-0.4, -0.2) is 4.98 Å². The second-order valence-corrected chi connectivity index (χ2v) is 8.40. The quantitative estimate of drug-likeness (QED) is 0.165. The Kier molecular flexibility index (Phi) is 56.1. The summed E-state index contributed by atoms with van der Waals surface area (Å²) in [6.45, 7) is 32.0. The number of hydrogen-bond acceptors (Lipinski definition) is 1. The molecule has 0 radical (unpaired) electrons. The van der Waals surface area contributed by atoms with Gasteiger partial charge in [-0.05, 0) is 51.9 Å². The Bertz CT molecular complexity index is 1250. The zero-order chi connectivity index (χ0) is 41.4. The van der Waals surface area contributed by atoms with Crippen LogP contribution >= 0.6 is 0 Å². The predicted octanol–water partition coefficient (Wildman–Crippen LogP) is 17.6. The van der Waals surface area contributed by atoms with Crippen molar-refractivity contribution in [2.24, 2.45) is 0 Å². The molecular weight excluding hydrogens is 639 g/mol. The summed E-state index contributed by atoms with van der Waals surface area (Å²) in [6, 6.07) is 55.8. The van der Waals surface area contributed by atoms with Gasteiger partial charge in [-0.2, -0.15) is 0 Å². The predicted molar refractivity (Wildman–Crippen MR) is 248 cm³/mol. The standard InChI is InChI=1S/C13H10.C12H10.C6H6.C5H5N.8C2H6/c1-3-7-12-10(5-1)9-11-6-2-4-8-13(11)12;1-3-7-11(8-4-1)12-9-5-2-6-10-12;2*1-2-4-6-5-3-1;8*1-2/h1-8H,9H2;1-10H;1-6H;1-5H;8*1-2H3. The van der Waals surface area contributed by atoms with Gasteiger partial charge in [0.1, 0.15) is 0 Å². The van der Waals surface area contributed by atoms with Gasteiger partial charge in [-0.15, -0.1) is 0 Å². The lowest BCUT2D eigenvalue weighted by Gasteiger charge is -1.98. The zero-order valence-corrected chi connectivity index (χ0v) is 36.9. The van der Waals surface area contributed by atoms with Crippen LogP contribution in [-0.2, 0) is 6.42 Å². The first-order chi connectivity index (χ1) is 26.4. The second kappa shape index (κ2) is 51.6. The third-order valence-corrected chi connectivity index (χ3v) is 5.82. The van der Waals surface area contributed by atoms with Crippen LogP contribution in [0.5, 0.6) is 0 Å². The van der Waals surface area contributed by atoms with Gasteiger partial charge in [0, 0.05) is 12.4 Å². The van der Waals surface area contributed by atoms with Crippen molar-refractivity contribution in [2.75, 3.05) is 0 Å². The maximum Gasteiger partial charge on any atom is 0.0267 e. The summed E-state index contributed by atoms with van der Waals surface area (Å²) in [5.41, 5.74) is 8.31. The lowest BCUT2D eigenvalue weighted by atomic mass is 10.1. The lowest BCUT2D eigenvalue weighted by Crippen LogP contribution is -1.77. The van der Waals surface area contributed by atoms with Crippen LogP contribution in [0.4, 0.5) is 0 Å². The van der Waals surface area contributed by atoms with E-state index in [1.165, 1.54) is 33.4 Å². The smallest absolute Gasteiger partial charge is 0.0267 e. The van der Waals surface area contributed by atoms with Gasteiger partial charge in [0.2, 0.25) is 0 Å². The fourth-order valence-electron chi connectivity index (χ4n) is 4.04.